The number of hydrogen-bond acceptors (Lipinski definition) is 5. The average Bonchev–Trinajstić information content (AvgIpc) is 2.48. The van der Waals surface area contributed by atoms with Crippen molar-refractivity contribution in [3.63, 3.8) is 0 Å². The minimum absolute atomic E-state index is 0.119. The first-order chi connectivity index (χ1) is 10.0. The summed E-state index contributed by atoms with van der Waals surface area (Å²) in [5.74, 6) is 1.82. The Hall–Kier alpha value is -2.03. The lowest BCUT2D eigenvalue weighted by Gasteiger charge is -1.97. The minimum atomic E-state index is -1.75. The fourth-order valence-corrected chi connectivity index (χ4v) is 3.55. The molecule has 0 radical (unpaired) electrons. The van der Waals surface area contributed by atoms with Gasteiger partial charge < -0.3 is 24.8 Å². The second kappa shape index (κ2) is 9.01. The Labute approximate surface area is 132 Å². The molecule has 2 rings (SSSR count). The monoisotopic (exact) mass is 403 g/mol. The van der Waals surface area contributed by atoms with E-state index < -0.39 is 5.09 Å². The molecule has 0 N–H and O–H groups in total. The van der Waals surface area contributed by atoms with Crippen LogP contribution in [0.5, 0.6) is 11.5 Å². The number of benzene rings is 2. The smallest absolute Gasteiger partial charge is 0.357 e. The highest BCUT2D eigenvalue weighted by atomic mass is 127. The molecule has 6 nitrogen and oxygen atoms in total. The number of nitrogens with zero attached hydrogens (tertiary/aromatic N) is 1. The van der Waals surface area contributed by atoms with Gasteiger partial charge in [-0.25, -0.2) is 0 Å². The molecule has 0 aromatic heterocycles. The van der Waals surface area contributed by atoms with Crippen LogP contribution in [-0.2, 0) is 0 Å². The maximum absolute atomic E-state index is 8.25. The third-order valence-corrected chi connectivity index (χ3v) is 5.00. The van der Waals surface area contributed by atoms with Gasteiger partial charge in [0.05, 0.1) is 19.3 Å². The Bertz CT molecular complexity index is 507. The summed E-state index contributed by atoms with van der Waals surface area (Å²) in [4.78, 5) is 8.25. The van der Waals surface area contributed by atoms with Gasteiger partial charge in [0.25, 0.3) is 0 Å². The van der Waals surface area contributed by atoms with Gasteiger partial charge >= 0.3 is 21.2 Å². The van der Waals surface area contributed by atoms with Gasteiger partial charge in [0.2, 0.25) is 0 Å². The van der Waals surface area contributed by atoms with Crippen LogP contribution in [-0.4, -0.2) is 19.3 Å². The van der Waals surface area contributed by atoms with E-state index in [0.29, 0.717) is 0 Å². The molecule has 0 unspecified atom stereocenters. The number of hydrogen-bond donors (Lipinski definition) is 0. The van der Waals surface area contributed by atoms with Crippen molar-refractivity contribution < 1.29 is 35.8 Å². The molecule has 7 heteroatoms. The van der Waals surface area contributed by atoms with Crippen LogP contribution in [0.2, 0.25) is 0 Å². The molecule has 0 spiro atoms. The Morgan fingerprint density at radius 2 is 1.10 bits per heavy atom. The molecule has 21 heavy (non-hydrogen) atoms. The summed E-state index contributed by atoms with van der Waals surface area (Å²) in [6.45, 7) is 0. The highest BCUT2D eigenvalue weighted by molar-refractivity contribution is 5.22. The lowest BCUT2D eigenvalue weighted by atomic mass is 10.3. The van der Waals surface area contributed by atoms with Crippen molar-refractivity contribution in [3.05, 3.63) is 71.0 Å². The molecule has 0 aliphatic rings. The van der Waals surface area contributed by atoms with Crippen LogP contribution in [0.15, 0.2) is 48.5 Å². The minimum Gasteiger partial charge on any atom is -0.497 e. The molecule has 0 fully saturated rings. The van der Waals surface area contributed by atoms with E-state index in [4.69, 9.17) is 24.8 Å². The molecule has 0 heterocycles. The molecule has 0 atom stereocenters. The van der Waals surface area contributed by atoms with E-state index in [1.165, 1.54) is 7.14 Å². The first-order valence-corrected chi connectivity index (χ1v) is 7.95. The molecule has 0 aliphatic carbocycles. The van der Waals surface area contributed by atoms with Crippen LogP contribution in [0, 0.1) is 22.5 Å². The Morgan fingerprint density at radius 1 is 0.810 bits per heavy atom. The maximum atomic E-state index is 8.25. The molecule has 112 valence electrons. The number of halogens is 1. The van der Waals surface area contributed by atoms with E-state index in [0.717, 1.165) is 11.5 Å². The van der Waals surface area contributed by atoms with Gasteiger partial charge in [0.15, 0.2) is 7.14 Å². The number of rotatable bonds is 4. The van der Waals surface area contributed by atoms with Crippen LogP contribution in [0.4, 0.5) is 0 Å². The first-order valence-electron chi connectivity index (χ1n) is 5.79. The van der Waals surface area contributed by atoms with Gasteiger partial charge in [-0.2, -0.15) is 0 Å². The second-order valence-corrected chi connectivity index (χ2v) is 6.66. The van der Waals surface area contributed by atoms with Gasteiger partial charge in [-0.05, 0) is 48.5 Å². The topological polar surface area (TPSA) is 84.7 Å². The third-order valence-electron chi connectivity index (χ3n) is 2.32. The summed E-state index contributed by atoms with van der Waals surface area (Å²) >= 11 is -0.119. The van der Waals surface area contributed by atoms with Crippen LogP contribution in [0.25, 0.3) is 0 Å². The van der Waals surface area contributed by atoms with Crippen molar-refractivity contribution in [2.75, 3.05) is 14.2 Å². The molecule has 0 bridgehead atoms. The highest BCUT2D eigenvalue weighted by Crippen LogP contribution is 2.07. The second-order valence-electron chi connectivity index (χ2n) is 3.63. The van der Waals surface area contributed by atoms with Crippen molar-refractivity contribution in [2.24, 2.45) is 0 Å². The lowest BCUT2D eigenvalue weighted by molar-refractivity contribution is -0.597. The number of ether oxygens (including phenoxy) is 2. The Balaban J connectivity index is 0.000000491. The summed E-state index contributed by atoms with van der Waals surface area (Å²) in [6, 6.07) is 16.6. The Kier molecular flexibility index (Phi) is 7.30. The molecular weight excluding hydrogens is 389 g/mol. The SMILES string of the molecule is COc1ccc([I+]c2ccc(OC)cc2)cc1.O=[N+]([O-])[O-]. The fraction of sp³-hybridized carbons (Fsp3) is 0.143. The molecular formula is C14H14INO5. The fourth-order valence-electron chi connectivity index (χ4n) is 1.39. The first kappa shape index (κ1) is 17.0. The van der Waals surface area contributed by atoms with Crippen molar-refractivity contribution in [3.8, 4) is 11.5 Å². The zero-order chi connectivity index (χ0) is 15.7. The normalized spacial score (nSPS) is 9.24. The number of methoxy groups -OCH3 is 2. The highest BCUT2D eigenvalue weighted by Gasteiger charge is 2.15. The van der Waals surface area contributed by atoms with E-state index in [1.54, 1.807) is 14.2 Å². The predicted molar refractivity (Wildman–Crippen MR) is 73.7 cm³/mol. The van der Waals surface area contributed by atoms with Crippen LogP contribution in [0.1, 0.15) is 0 Å². The molecule has 0 amide bonds. The molecule has 0 saturated carbocycles. The lowest BCUT2D eigenvalue weighted by Crippen LogP contribution is -3.61. The zero-order valence-corrected chi connectivity index (χ0v) is 13.6. The summed E-state index contributed by atoms with van der Waals surface area (Å²) in [7, 11) is 3.38. The van der Waals surface area contributed by atoms with Gasteiger partial charge in [-0.3, -0.25) is 0 Å². The van der Waals surface area contributed by atoms with Crippen LogP contribution >= 0.6 is 0 Å². The van der Waals surface area contributed by atoms with E-state index in [1.807, 2.05) is 24.3 Å². The van der Waals surface area contributed by atoms with Crippen LogP contribution in [0.3, 0.4) is 0 Å². The van der Waals surface area contributed by atoms with Gasteiger partial charge in [-0.15, -0.1) is 0 Å². The molecule has 2 aromatic rings. The molecule has 0 aliphatic heterocycles. The van der Waals surface area contributed by atoms with E-state index in [2.05, 4.69) is 24.3 Å². The van der Waals surface area contributed by atoms with Gasteiger partial charge in [-0.1, -0.05) is 0 Å². The van der Waals surface area contributed by atoms with Gasteiger partial charge in [0, 0.05) is 0 Å². The van der Waals surface area contributed by atoms with E-state index >= 15 is 0 Å². The van der Waals surface area contributed by atoms with E-state index in [-0.39, 0.29) is 21.2 Å². The summed E-state index contributed by atoms with van der Waals surface area (Å²) in [5.41, 5.74) is 0. The average molecular weight is 403 g/mol. The zero-order valence-electron chi connectivity index (χ0n) is 11.5. The largest absolute Gasteiger partial charge is 0.497 e. The molecule has 2 aromatic carbocycles. The quantitative estimate of drug-likeness (QED) is 0.394. The predicted octanol–water partition coefficient (Wildman–Crippen LogP) is -0.407. The van der Waals surface area contributed by atoms with Crippen molar-refractivity contribution >= 4 is 0 Å². The van der Waals surface area contributed by atoms with Crippen LogP contribution < -0.4 is 30.7 Å². The van der Waals surface area contributed by atoms with Crippen molar-refractivity contribution in [1.82, 2.24) is 0 Å². The van der Waals surface area contributed by atoms with Crippen molar-refractivity contribution in [2.45, 2.75) is 0 Å². The van der Waals surface area contributed by atoms with Crippen molar-refractivity contribution in [1.29, 1.82) is 0 Å². The summed E-state index contributed by atoms with van der Waals surface area (Å²) < 4.78 is 13.1. The Morgan fingerprint density at radius 3 is 1.33 bits per heavy atom. The third kappa shape index (κ3) is 6.80. The molecule has 0 saturated heterocycles. The summed E-state index contributed by atoms with van der Waals surface area (Å²) in [5, 5.41) is 14.8. The summed E-state index contributed by atoms with van der Waals surface area (Å²) in [6.07, 6.45) is 0. The standard InChI is InChI=1S/C14H14IO2.NO3/c1-16-13-7-3-11(4-8-13)15-12-5-9-14(17-2)10-6-12;2-1(3)4/h3-10H,1-2H3;/q+1;-1. The van der Waals surface area contributed by atoms with E-state index in [9.17, 15) is 0 Å². The maximum Gasteiger partial charge on any atom is 0.357 e. The van der Waals surface area contributed by atoms with Gasteiger partial charge in [0.1, 0.15) is 11.5 Å².